The van der Waals surface area contributed by atoms with E-state index in [4.69, 9.17) is 5.41 Å². The summed E-state index contributed by atoms with van der Waals surface area (Å²) in [4.78, 5) is 0. The van der Waals surface area contributed by atoms with E-state index in [1.165, 1.54) is 22.3 Å². The van der Waals surface area contributed by atoms with Gasteiger partial charge in [0, 0.05) is 0 Å². The quantitative estimate of drug-likeness (QED) is 0.531. The van der Waals surface area contributed by atoms with Crippen LogP contribution in [-0.4, -0.2) is 6.72 Å². The molecule has 15 heavy (non-hydrogen) atoms. The Morgan fingerprint density at radius 1 is 0.733 bits per heavy atom. The molecule has 0 fully saturated rings. The van der Waals surface area contributed by atoms with Gasteiger partial charge < -0.3 is 5.41 Å². The van der Waals surface area contributed by atoms with E-state index < -0.39 is 0 Å². The minimum Gasteiger partial charge on any atom is -0.317 e. The van der Waals surface area contributed by atoms with Crippen molar-refractivity contribution < 1.29 is 0 Å². The second-order valence-corrected chi connectivity index (χ2v) is 3.49. The summed E-state index contributed by atoms with van der Waals surface area (Å²) in [6, 6.07) is 17.3. The molecule has 0 radical (unpaired) electrons. The van der Waals surface area contributed by atoms with Crippen molar-refractivity contribution in [1.82, 2.24) is 0 Å². The van der Waals surface area contributed by atoms with Crippen LogP contribution in [0.5, 0.6) is 0 Å². The Labute approximate surface area is 89.9 Å². The van der Waals surface area contributed by atoms with Gasteiger partial charge in [-0.1, -0.05) is 48.5 Å². The molecule has 0 amide bonds. The van der Waals surface area contributed by atoms with Gasteiger partial charge in [-0.3, -0.25) is 0 Å². The number of hydrogen-bond donors (Lipinski definition) is 1. The van der Waals surface area contributed by atoms with E-state index >= 15 is 0 Å². The van der Waals surface area contributed by atoms with E-state index in [2.05, 4.69) is 55.2 Å². The average molecular weight is 195 g/mol. The minimum absolute atomic E-state index is 1.10. The van der Waals surface area contributed by atoms with Crippen LogP contribution in [0.15, 0.2) is 48.5 Å². The molecule has 1 nitrogen and oxygen atoms in total. The highest BCUT2D eigenvalue weighted by molar-refractivity contribution is 5.76. The molecule has 74 valence electrons. The Bertz CT molecular complexity index is 431. The van der Waals surface area contributed by atoms with Crippen LogP contribution < -0.4 is 0 Å². The molecule has 1 N–H and O–H groups in total. The van der Waals surface area contributed by atoms with Crippen LogP contribution in [0.3, 0.4) is 0 Å². The van der Waals surface area contributed by atoms with Crippen LogP contribution >= 0.6 is 0 Å². The molecule has 0 spiro atoms. The lowest BCUT2D eigenvalue weighted by atomic mass is 10.1. The van der Waals surface area contributed by atoms with Gasteiger partial charge in [0.05, 0.1) is 0 Å². The van der Waals surface area contributed by atoms with Crippen molar-refractivity contribution in [2.75, 3.05) is 0 Å². The zero-order valence-corrected chi connectivity index (χ0v) is 8.53. The van der Waals surface area contributed by atoms with E-state index in [1.807, 2.05) is 0 Å². The van der Waals surface area contributed by atoms with Gasteiger partial charge in [0.2, 0.25) is 0 Å². The van der Waals surface area contributed by atoms with Gasteiger partial charge >= 0.3 is 0 Å². The molecule has 0 aliphatic heterocycles. The van der Waals surface area contributed by atoms with Crippen molar-refractivity contribution in [2.45, 2.75) is 6.42 Å². The lowest BCUT2D eigenvalue weighted by molar-refractivity contribution is 1.26. The molecule has 0 saturated carbocycles. The Morgan fingerprint density at radius 2 is 1.13 bits per heavy atom. The van der Waals surface area contributed by atoms with Gasteiger partial charge in [-0.25, -0.2) is 0 Å². The zero-order chi connectivity index (χ0) is 10.7. The van der Waals surface area contributed by atoms with E-state index in [-0.39, 0.29) is 0 Å². The first kappa shape index (κ1) is 9.66. The summed E-state index contributed by atoms with van der Waals surface area (Å²) in [5.74, 6) is 0. The molecule has 0 heterocycles. The van der Waals surface area contributed by atoms with Crippen molar-refractivity contribution in [1.29, 1.82) is 5.41 Å². The molecule has 0 saturated heterocycles. The predicted molar refractivity (Wildman–Crippen MR) is 64.5 cm³/mol. The second kappa shape index (κ2) is 4.09. The van der Waals surface area contributed by atoms with E-state index in [0.717, 1.165) is 6.42 Å². The van der Waals surface area contributed by atoms with Crippen LogP contribution in [0.4, 0.5) is 0 Å². The second-order valence-electron chi connectivity index (χ2n) is 3.49. The third kappa shape index (κ3) is 1.57. The van der Waals surface area contributed by atoms with Gasteiger partial charge in [0.15, 0.2) is 0 Å². The first-order valence-corrected chi connectivity index (χ1v) is 4.97. The number of nitrogens with one attached hydrogen (secondary N) is 1. The van der Waals surface area contributed by atoms with E-state index in [0.29, 0.717) is 0 Å². The monoisotopic (exact) mass is 195 g/mol. The average Bonchev–Trinajstić information content (AvgIpc) is 2.70. The highest BCUT2D eigenvalue weighted by atomic mass is 14.2. The Hall–Kier alpha value is -1.89. The molecule has 3 rings (SSSR count). The standard InChI is InChI=1S/C13H10.CH3N/c1-3-7-12-10(5-1)9-11-6-2-4-8-13(11)12;1-2/h1-8H,9H2;2H,1H2. The molecule has 1 aliphatic rings. The molecular formula is C14H13N. The first-order chi connectivity index (χ1) is 7.45. The normalized spacial score (nSPS) is 10.9. The summed E-state index contributed by atoms with van der Waals surface area (Å²) in [6.07, 6.45) is 1.10. The molecule has 2 aromatic rings. The van der Waals surface area contributed by atoms with Gasteiger partial charge in [0.1, 0.15) is 0 Å². The fraction of sp³-hybridized carbons (Fsp3) is 0.0714. The maximum Gasteiger partial charge on any atom is -0.00135 e. The summed E-state index contributed by atoms with van der Waals surface area (Å²) in [6.45, 7) is 2.50. The maximum absolute atomic E-state index is 5.50. The number of rotatable bonds is 0. The predicted octanol–water partition coefficient (Wildman–Crippen LogP) is 3.52. The van der Waals surface area contributed by atoms with Crippen molar-refractivity contribution in [3.8, 4) is 11.1 Å². The lowest BCUT2D eigenvalue weighted by Gasteiger charge is -1.98. The smallest absolute Gasteiger partial charge is 0.00135 e. The van der Waals surface area contributed by atoms with Crippen molar-refractivity contribution >= 4 is 6.72 Å². The van der Waals surface area contributed by atoms with Gasteiger partial charge in [0.25, 0.3) is 0 Å². The number of benzene rings is 2. The van der Waals surface area contributed by atoms with Crippen LogP contribution in [0.1, 0.15) is 11.1 Å². The summed E-state index contributed by atoms with van der Waals surface area (Å²) in [5, 5.41) is 5.50. The summed E-state index contributed by atoms with van der Waals surface area (Å²) in [5.41, 5.74) is 5.75. The van der Waals surface area contributed by atoms with Crippen LogP contribution in [0, 0.1) is 5.41 Å². The Kier molecular flexibility index (Phi) is 2.64. The third-order valence-electron chi connectivity index (χ3n) is 2.71. The summed E-state index contributed by atoms with van der Waals surface area (Å²) < 4.78 is 0. The van der Waals surface area contributed by atoms with Crippen molar-refractivity contribution in [2.24, 2.45) is 0 Å². The Morgan fingerprint density at radius 3 is 1.60 bits per heavy atom. The van der Waals surface area contributed by atoms with Gasteiger partial charge in [-0.05, 0) is 35.4 Å². The molecular weight excluding hydrogens is 182 g/mol. The number of fused-ring (bicyclic) bond motifs is 3. The Balaban J connectivity index is 0.000000404. The van der Waals surface area contributed by atoms with Crippen LogP contribution in [-0.2, 0) is 6.42 Å². The fourth-order valence-electron chi connectivity index (χ4n) is 2.08. The third-order valence-corrected chi connectivity index (χ3v) is 2.71. The molecule has 0 atom stereocenters. The summed E-state index contributed by atoms with van der Waals surface area (Å²) >= 11 is 0. The summed E-state index contributed by atoms with van der Waals surface area (Å²) in [7, 11) is 0. The van der Waals surface area contributed by atoms with E-state index in [9.17, 15) is 0 Å². The zero-order valence-electron chi connectivity index (χ0n) is 8.53. The molecule has 2 aromatic carbocycles. The fourth-order valence-corrected chi connectivity index (χ4v) is 2.08. The van der Waals surface area contributed by atoms with Crippen LogP contribution in [0.25, 0.3) is 11.1 Å². The topological polar surface area (TPSA) is 23.9 Å². The highest BCUT2D eigenvalue weighted by Crippen LogP contribution is 2.35. The van der Waals surface area contributed by atoms with Crippen molar-refractivity contribution in [3.63, 3.8) is 0 Å². The van der Waals surface area contributed by atoms with Crippen molar-refractivity contribution in [3.05, 3.63) is 59.7 Å². The molecule has 0 bridgehead atoms. The lowest BCUT2D eigenvalue weighted by Crippen LogP contribution is -1.77. The van der Waals surface area contributed by atoms with Gasteiger partial charge in [-0.15, -0.1) is 0 Å². The number of hydrogen-bond acceptors (Lipinski definition) is 1. The first-order valence-electron chi connectivity index (χ1n) is 4.97. The molecule has 0 unspecified atom stereocenters. The molecule has 1 heteroatoms. The van der Waals surface area contributed by atoms with Crippen LogP contribution in [0.2, 0.25) is 0 Å². The largest absolute Gasteiger partial charge is 0.317 e. The molecule has 0 aromatic heterocycles. The highest BCUT2D eigenvalue weighted by Gasteiger charge is 2.15. The minimum atomic E-state index is 1.10. The van der Waals surface area contributed by atoms with Gasteiger partial charge in [-0.2, -0.15) is 0 Å². The SMILES string of the molecule is C=N.c1ccc2c(c1)Cc1ccccc1-2. The van der Waals surface area contributed by atoms with E-state index in [1.54, 1.807) is 0 Å². The maximum atomic E-state index is 5.50. The molecule has 1 aliphatic carbocycles.